The molecule has 32 heavy (non-hydrogen) atoms. The van der Waals surface area contributed by atoms with E-state index in [0.717, 1.165) is 16.0 Å². The summed E-state index contributed by atoms with van der Waals surface area (Å²) in [5.74, 6) is -0.777. The van der Waals surface area contributed by atoms with E-state index >= 15 is 0 Å². The zero-order valence-corrected chi connectivity index (χ0v) is 18.3. The van der Waals surface area contributed by atoms with Crippen LogP contribution in [0, 0.1) is 0 Å². The summed E-state index contributed by atoms with van der Waals surface area (Å²) in [6, 6.07) is 10.5. The first kappa shape index (κ1) is 20.6. The first-order valence-electron chi connectivity index (χ1n) is 9.92. The maximum atomic E-state index is 13.0. The van der Waals surface area contributed by atoms with Crippen LogP contribution in [0.2, 0.25) is 5.02 Å². The number of hydrogen-bond acceptors (Lipinski definition) is 6. The van der Waals surface area contributed by atoms with Crippen molar-refractivity contribution < 1.29 is 14.7 Å². The van der Waals surface area contributed by atoms with Crippen molar-refractivity contribution in [3.05, 3.63) is 70.3 Å². The maximum Gasteiger partial charge on any atom is 0.257 e. The molecule has 0 saturated heterocycles. The Labute approximate surface area is 191 Å². The van der Waals surface area contributed by atoms with Crippen LogP contribution < -0.4 is 10.6 Å². The van der Waals surface area contributed by atoms with Crippen LogP contribution in [0.1, 0.15) is 28.8 Å². The molecule has 5 rings (SSSR count). The molecule has 1 aliphatic rings. The van der Waals surface area contributed by atoms with E-state index in [0.29, 0.717) is 29.1 Å². The average Bonchev–Trinajstić information content (AvgIpc) is 3.18. The second-order valence-corrected chi connectivity index (χ2v) is 8.87. The zero-order chi connectivity index (χ0) is 22.3. The molecule has 2 amide bonds. The lowest BCUT2D eigenvalue weighted by atomic mass is 10.1. The summed E-state index contributed by atoms with van der Waals surface area (Å²) in [7, 11) is 0. The van der Waals surface area contributed by atoms with Gasteiger partial charge in [-0.2, -0.15) is 5.10 Å². The third-order valence-corrected chi connectivity index (χ3v) is 6.41. The molecule has 0 unspecified atom stereocenters. The number of benzene rings is 2. The van der Waals surface area contributed by atoms with E-state index in [1.807, 2.05) is 17.5 Å². The van der Waals surface area contributed by atoms with Crippen LogP contribution in [-0.4, -0.2) is 37.3 Å². The van der Waals surface area contributed by atoms with Gasteiger partial charge in [-0.25, -0.2) is 9.67 Å². The predicted molar refractivity (Wildman–Crippen MR) is 122 cm³/mol. The topological polar surface area (TPSA) is 109 Å². The van der Waals surface area contributed by atoms with Crippen LogP contribution in [0.4, 0.5) is 5.69 Å². The molecule has 4 aromatic rings. The lowest BCUT2D eigenvalue weighted by Crippen LogP contribution is -2.35. The van der Waals surface area contributed by atoms with Crippen LogP contribution in [0.3, 0.4) is 0 Å². The number of nitrogens with one attached hydrogen (secondary N) is 2. The Balaban J connectivity index is 1.37. The summed E-state index contributed by atoms with van der Waals surface area (Å²) < 4.78 is 1.72. The van der Waals surface area contributed by atoms with Gasteiger partial charge in [0.05, 0.1) is 28.0 Å². The normalized spacial score (nSPS) is 14.3. The maximum absolute atomic E-state index is 13.0. The summed E-state index contributed by atoms with van der Waals surface area (Å²) in [4.78, 5) is 29.3. The Morgan fingerprint density at radius 3 is 2.84 bits per heavy atom. The Kier molecular flexibility index (Phi) is 5.16. The van der Waals surface area contributed by atoms with Gasteiger partial charge in [0, 0.05) is 23.5 Å². The Morgan fingerprint density at radius 1 is 1.25 bits per heavy atom. The minimum atomic E-state index is -1.24. The molecule has 0 bridgehead atoms. The molecule has 0 aliphatic heterocycles. The summed E-state index contributed by atoms with van der Waals surface area (Å²) >= 11 is 7.75. The van der Waals surface area contributed by atoms with Gasteiger partial charge in [-0.05, 0) is 42.7 Å². The molecule has 10 heteroatoms. The van der Waals surface area contributed by atoms with Gasteiger partial charge in [0.25, 0.3) is 11.8 Å². The number of fused-ring (bicyclic) bond motifs is 1. The van der Waals surface area contributed by atoms with Gasteiger partial charge in [0.15, 0.2) is 0 Å². The molecule has 0 spiro atoms. The lowest BCUT2D eigenvalue weighted by molar-refractivity contribution is -0.131. The van der Waals surface area contributed by atoms with Gasteiger partial charge in [-0.15, -0.1) is 11.3 Å². The number of amides is 2. The van der Waals surface area contributed by atoms with E-state index in [1.54, 1.807) is 41.3 Å². The lowest BCUT2D eigenvalue weighted by Gasteiger charge is -2.12. The summed E-state index contributed by atoms with van der Waals surface area (Å²) in [6.07, 6.45) is 4.33. The van der Waals surface area contributed by atoms with Crippen molar-refractivity contribution in [2.75, 3.05) is 5.32 Å². The van der Waals surface area contributed by atoms with E-state index in [-0.39, 0.29) is 18.0 Å². The van der Waals surface area contributed by atoms with Gasteiger partial charge in [0.1, 0.15) is 5.60 Å². The highest BCUT2D eigenvalue weighted by Crippen LogP contribution is 2.35. The highest BCUT2D eigenvalue weighted by molar-refractivity contribution is 7.12. The highest BCUT2D eigenvalue weighted by Gasteiger charge is 2.47. The number of carbonyl (C=O) groups excluding carboxylic acids is 2. The summed E-state index contributed by atoms with van der Waals surface area (Å²) in [5, 5.41) is 23.5. The fourth-order valence-electron chi connectivity index (χ4n) is 3.37. The van der Waals surface area contributed by atoms with Gasteiger partial charge in [0.2, 0.25) is 5.13 Å². The standard InChI is InChI=1S/C22H18ClN5O3S/c23-16-5-4-13(11-25-20(30)22(31)6-7-22)10-14(16)19(29)27-17-2-1-3-18-15(17)12-26-28(18)21-24-8-9-32-21/h1-5,8-10,12,31H,6-7,11H2,(H,25,30)(H,27,29). The Morgan fingerprint density at radius 2 is 2.09 bits per heavy atom. The summed E-state index contributed by atoms with van der Waals surface area (Å²) in [5.41, 5.74) is 1.16. The first-order valence-corrected chi connectivity index (χ1v) is 11.2. The van der Waals surface area contributed by atoms with Crippen molar-refractivity contribution in [1.82, 2.24) is 20.1 Å². The quantitative estimate of drug-likeness (QED) is 0.402. The van der Waals surface area contributed by atoms with Crippen molar-refractivity contribution in [3.8, 4) is 5.13 Å². The molecule has 2 aromatic carbocycles. The largest absolute Gasteiger partial charge is 0.380 e. The van der Waals surface area contributed by atoms with E-state index < -0.39 is 11.5 Å². The highest BCUT2D eigenvalue weighted by atomic mass is 35.5. The second kappa shape index (κ2) is 8.01. The summed E-state index contributed by atoms with van der Waals surface area (Å²) in [6.45, 7) is 0.189. The molecular weight excluding hydrogens is 450 g/mol. The molecule has 2 aromatic heterocycles. The van der Waals surface area contributed by atoms with Gasteiger partial charge in [-0.3, -0.25) is 9.59 Å². The van der Waals surface area contributed by atoms with Crippen LogP contribution >= 0.6 is 22.9 Å². The second-order valence-electron chi connectivity index (χ2n) is 7.59. The van der Waals surface area contributed by atoms with Gasteiger partial charge in [-0.1, -0.05) is 23.7 Å². The first-order chi connectivity index (χ1) is 15.4. The molecule has 162 valence electrons. The fourth-order valence-corrected chi connectivity index (χ4v) is 4.19. The zero-order valence-electron chi connectivity index (χ0n) is 16.7. The van der Waals surface area contributed by atoms with Gasteiger partial charge >= 0.3 is 0 Å². The van der Waals surface area contributed by atoms with E-state index in [9.17, 15) is 14.7 Å². The monoisotopic (exact) mass is 467 g/mol. The van der Waals surface area contributed by atoms with Gasteiger partial charge < -0.3 is 15.7 Å². The number of anilines is 1. The number of hydrogen-bond donors (Lipinski definition) is 3. The Hall–Kier alpha value is -3.27. The molecular formula is C22H18ClN5O3S. The van der Waals surface area contributed by atoms with E-state index in [2.05, 4.69) is 20.7 Å². The number of nitrogens with zero attached hydrogens (tertiary/aromatic N) is 3. The smallest absolute Gasteiger partial charge is 0.257 e. The van der Waals surface area contributed by atoms with Crippen LogP contribution in [0.5, 0.6) is 0 Å². The molecule has 8 nitrogen and oxygen atoms in total. The molecule has 2 heterocycles. The fraction of sp³-hybridized carbons (Fsp3) is 0.182. The molecule has 0 atom stereocenters. The van der Waals surface area contributed by atoms with Crippen molar-refractivity contribution >= 4 is 51.3 Å². The molecule has 1 aliphatic carbocycles. The third-order valence-electron chi connectivity index (χ3n) is 5.34. The van der Waals surface area contributed by atoms with Crippen molar-refractivity contribution in [1.29, 1.82) is 0 Å². The average molecular weight is 468 g/mol. The predicted octanol–water partition coefficient (Wildman–Crippen LogP) is 3.53. The minimum absolute atomic E-state index is 0.189. The van der Waals surface area contributed by atoms with Crippen LogP contribution in [-0.2, 0) is 11.3 Å². The minimum Gasteiger partial charge on any atom is -0.380 e. The van der Waals surface area contributed by atoms with E-state index in [4.69, 9.17) is 11.6 Å². The van der Waals surface area contributed by atoms with Crippen molar-refractivity contribution in [3.63, 3.8) is 0 Å². The number of carbonyl (C=O) groups is 2. The van der Waals surface area contributed by atoms with Crippen LogP contribution in [0.25, 0.3) is 16.0 Å². The SMILES string of the molecule is O=C(Nc1cccc2c1cnn2-c1nccs1)c1cc(CNC(=O)C2(O)CC2)ccc1Cl. The van der Waals surface area contributed by atoms with Crippen molar-refractivity contribution in [2.24, 2.45) is 0 Å². The Bertz CT molecular complexity index is 1330. The molecule has 3 N–H and O–H groups in total. The van der Waals surface area contributed by atoms with Crippen molar-refractivity contribution in [2.45, 2.75) is 25.0 Å². The number of halogens is 1. The number of aliphatic hydroxyl groups is 1. The third kappa shape index (κ3) is 3.86. The number of rotatable bonds is 6. The van der Waals surface area contributed by atoms with E-state index in [1.165, 1.54) is 11.3 Å². The molecule has 0 radical (unpaired) electrons. The number of thiazole rings is 1. The molecule has 1 saturated carbocycles. The molecule has 1 fully saturated rings. The van der Waals surface area contributed by atoms with Crippen LogP contribution in [0.15, 0.2) is 54.2 Å². The number of aromatic nitrogens is 3.